The molecule has 110 valence electrons. The van der Waals surface area contributed by atoms with Crippen molar-refractivity contribution in [1.82, 2.24) is 14.9 Å². The third kappa shape index (κ3) is 3.11. The van der Waals surface area contributed by atoms with Gasteiger partial charge in [-0.25, -0.2) is 4.98 Å². The van der Waals surface area contributed by atoms with Gasteiger partial charge < -0.3 is 19.4 Å². The molecule has 0 atom stereocenters. The van der Waals surface area contributed by atoms with Crippen LogP contribution in [-0.4, -0.2) is 36.9 Å². The summed E-state index contributed by atoms with van der Waals surface area (Å²) in [7, 11) is 3.38. The fraction of sp³-hybridized carbons (Fsp3) is 0.533. The van der Waals surface area contributed by atoms with Gasteiger partial charge in [0.15, 0.2) is 0 Å². The summed E-state index contributed by atoms with van der Waals surface area (Å²) in [5, 5.41) is 3.35. The second kappa shape index (κ2) is 6.72. The van der Waals surface area contributed by atoms with Crippen LogP contribution in [0, 0.1) is 0 Å². The molecular weight excluding hydrogens is 254 g/mol. The normalized spacial score (nSPS) is 11.4. The van der Waals surface area contributed by atoms with E-state index in [1.165, 1.54) is 0 Å². The van der Waals surface area contributed by atoms with Crippen molar-refractivity contribution in [3.8, 4) is 5.75 Å². The van der Waals surface area contributed by atoms with Gasteiger partial charge in [-0.15, -0.1) is 0 Å². The Morgan fingerprint density at radius 3 is 2.75 bits per heavy atom. The molecule has 20 heavy (non-hydrogen) atoms. The molecule has 0 bridgehead atoms. The number of aromatic nitrogens is 2. The summed E-state index contributed by atoms with van der Waals surface area (Å²) in [6, 6.07) is 6.39. The first-order valence-corrected chi connectivity index (χ1v) is 6.92. The van der Waals surface area contributed by atoms with Crippen LogP contribution in [0.5, 0.6) is 5.75 Å². The Hall–Kier alpha value is -1.59. The fourth-order valence-corrected chi connectivity index (χ4v) is 2.33. The predicted molar refractivity (Wildman–Crippen MR) is 80.3 cm³/mol. The third-order valence-corrected chi connectivity index (χ3v) is 3.25. The van der Waals surface area contributed by atoms with E-state index in [4.69, 9.17) is 14.5 Å². The number of nitrogens with one attached hydrogen (secondary N) is 1. The molecule has 1 heterocycles. The Balaban J connectivity index is 2.29. The summed E-state index contributed by atoms with van der Waals surface area (Å²) in [4.78, 5) is 4.72. The first kappa shape index (κ1) is 14.8. The van der Waals surface area contributed by atoms with Crippen molar-refractivity contribution < 1.29 is 9.47 Å². The second-order valence-electron chi connectivity index (χ2n) is 5.02. The highest BCUT2D eigenvalue weighted by atomic mass is 16.5. The van der Waals surface area contributed by atoms with Gasteiger partial charge in [0, 0.05) is 25.8 Å². The summed E-state index contributed by atoms with van der Waals surface area (Å²) < 4.78 is 12.6. The highest BCUT2D eigenvalue weighted by Gasteiger charge is 2.13. The monoisotopic (exact) mass is 277 g/mol. The van der Waals surface area contributed by atoms with Crippen LogP contribution in [0.15, 0.2) is 18.2 Å². The van der Waals surface area contributed by atoms with Gasteiger partial charge in [-0.05, 0) is 26.0 Å². The first-order chi connectivity index (χ1) is 9.67. The van der Waals surface area contributed by atoms with Crippen molar-refractivity contribution >= 4 is 11.0 Å². The first-order valence-electron chi connectivity index (χ1n) is 6.92. The number of rotatable bonds is 7. The number of hydrogen-bond acceptors (Lipinski definition) is 4. The van der Waals surface area contributed by atoms with Crippen molar-refractivity contribution in [2.75, 3.05) is 27.4 Å². The highest BCUT2D eigenvalue weighted by Crippen LogP contribution is 2.24. The Kier molecular flexibility index (Phi) is 4.98. The number of imidazole rings is 1. The molecule has 0 spiro atoms. The number of fused-ring (bicyclic) bond motifs is 1. The van der Waals surface area contributed by atoms with Crippen molar-refractivity contribution in [3.05, 3.63) is 24.0 Å². The van der Waals surface area contributed by atoms with Gasteiger partial charge >= 0.3 is 0 Å². The number of hydrogen-bond donors (Lipinski definition) is 1. The fourth-order valence-electron chi connectivity index (χ4n) is 2.33. The Bertz CT molecular complexity index is 563. The zero-order chi connectivity index (χ0) is 14.5. The number of benzene rings is 1. The van der Waals surface area contributed by atoms with Crippen LogP contribution in [-0.2, 0) is 11.3 Å². The van der Waals surface area contributed by atoms with Crippen LogP contribution in [0.4, 0.5) is 0 Å². The molecule has 0 saturated carbocycles. The lowest BCUT2D eigenvalue weighted by Gasteiger charge is -2.13. The van der Waals surface area contributed by atoms with Gasteiger partial charge in [0.25, 0.3) is 0 Å². The minimum Gasteiger partial charge on any atom is -0.497 e. The summed E-state index contributed by atoms with van der Waals surface area (Å²) in [6.45, 7) is 6.60. The van der Waals surface area contributed by atoms with Crippen molar-refractivity contribution in [3.63, 3.8) is 0 Å². The molecule has 0 fully saturated rings. The van der Waals surface area contributed by atoms with Gasteiger partial charge in [0.2, 0.25) is 0 Å². The SMILES string of the molecule is COCCNCc1nc2cc(OC)ccc2n1C(C)C. The molecular formula is C15H23N3O2. The summed E-state index contributed by atoms with van der Waals surface area (Å²) in [5.74, 6) is 1.88. The van der Waals surface area contributed by atoms with Crippen molar-refractivity contribution in [2.45, 2.75) is 26.4 Å². The summed E-state index contributed by atoms with van der Waals surface area (Å²) in [6.07, 6.45) is 0. The highest BCUT2D eigenvalue weighted by molar-refractivity contribution is 5.78. The molecule has 1 aromatic heterocycles. The molecule has 0 unspecified atom stereocenters. The average molecular weight is 277 g/mol. The number of nitrogens with zero attached hydrogens (tertiary/aromatic N) is 2. The lowest BCUT2D eigenvalue weighted by Crippen LogP contribution is -2.21. The maximum Gasteiger partial charge on any atom is 0.124 e. The quantitative estimate of drug-likeness (QED) is 0.789. The summed E-state index contributed by atoms with van der Waals surface area (Å²) >= 11 is 0. The lowest BCUT2D eigenvalue weighted by molar-refractivity contribution is 0.198. The largest absolute Gasteiger partial charge is 0.497 e. The van der Waals surface area contributed by atoms with E-state index in [-0.39, 0.29) is 0 Å². The van der Waals surface area contributed by atoms with E-state index in [0.717, 1.165) is 35.7 Å². The van der Waals surface area contributed by atoms with Crippen LogP contribution in [0.2, 0.25) is 0 Å². The molecule has 0 saturated heterocycles. The van der Waals surface area contributed by atoms with Crippen LogP contribution in [0.3, 0.4) is 0 Å². The van der Waals surface area contributed by atoms with Crippen molar-refractivity contribution in [1.29, 1.82) is 0 Å². The Labute approximate surface area is 119 Å². The minimum absolute atomic E-state index is 0.368. The molecule has 5 nitrogen and oxygen atoms in total. The van der Waals surface area contributed by atoms with Gasteiger partial charge in [0.1, 0.15) is 11.6 Å². The van der Waals surface area contributed by atoms with E-state index >= 15 is 0 Å². The second-order valence-corrected chi connectivity index (χ2v) is 5.02. The third-order valence-electron chi connectivity index (χ3n) is 3.25. The number of ether oxygens (including phenoxy) is 2. The van der Waals surface area contributed by atoms with Crippen LogP contribution >= 0.6 is 0 Å². The van der Waals surface area contributed by atoms with E-state index in [9.17, 15) is 0 Å². The standard InChI is InChI=1S/C15H23N3O2/c1-11(2)18-14-6-5-12(20-4)9-13(14)17-15(18)10-16-7-8-19-3/h5-6,9,11,16H,7-8,10H2,1-4H3. The van der Waals surface area contributed by atoms with E-state index in [2.05, 4.69) is 29.8 Å². The molecule has 0 radical (unpaired) electrons. The smallest absolute Gasteiger partial charge is 0.124 e. The maximum atomic E-state index is 5.26. The van der Waals surface area contributed by atoms with Crippen LogP contribution in [0.1, 0.15) is 25.7 Å². The van der Waals surface area contributed by atoms with Crippen molar-refractivity contribution in [2.24, 2.45) is 0 Å². The zero-order valence-corrected chi connectivity index (χ0v) is 12.6. The van der Waals surface area contributed by atoms with Gasteiger partial charge in [-0.3, -0.25) is 0 Å². The zero-order valence-electron chi connectivity index (χ0n) is 12.6. The molecule has 2 rings (SSSR count). The molecule has 0 aliphatic carbocycles. The van der Waals surface area contributed by atoms with E-state index in [1.807, 2.05) is 12.1 Å². The molecule has 1 N–H and O–H groups in total. The summed E-state index contributed by atoms with van der Waals surface area (Å²) in [5.41, 5.74) is 2.12. The molecule has 0 aliphatic rings. The van der Waals surface area contributed by atoms with Crippen LogP contribution < -0.4 is 10.1 Å². The Morgan fingerprint density at radius 2 is 2.10 bits per heavy atom. The average Bonchev–Trinajstić information content (AvgIpc) is 2.80. The lowest BCUT2D eigenvalue weighted by atomic mass is 10.2. The number of methoxy groups -OCH3 is 2. The maximum absolute atomic E-state index is 5.26. The minimum atomic E-state index is 0.368. The van der Waals surface area contributed by atoms with E-state index < -0.39 is 0 Å². The van der Waals surface area contributed by atoms with Gasteiger partial charge in [0.05, 0.1) is 31.3 Å². The molecule has 2 aromatic rings. The molecule has 5 heteroatoms. The molecule has 1 aromatic carbocycles. The van der Waals surface area contributed by atoms with Gasteiger partial charge in [-0.2, -0.15) is 0 Å². The molecule has 0 amide bonds. The van der Waals surface area contributed by atoms with Crippen LogP contribution in [0.25, 0.3) is 11.0 Å². The Morgan fingerprint density at radius 1 is 1.30 bits per heavy atom. The topological polar surface area (TPSA) is 48.3 Å². The predicted octanol–water partition coefficient (Wildman–Crippen LogP) is 2.36. The van der Waals surface area contributed by atoms with Gasteiger partial charge in [-0.1, -0.05) is 0 Å². The van der Waals surface area contributed by atoms with E-state index in [1.54, 1.807) is 14.2 Å². The molecule has 0 aliphatic heterocycles. The van der Waals surface area contributed by atoms with E-state index in [0.29, 0.717) is 12.6 Å².